The Hall–Kier alpha value is 0.210. The fourth-order valence-electron chi connectivity index (χ4n) is 0.591. The summed E-state index contributed by atoms with van der Waals surface area (Å²) in [4.78, 5) is 5.18. The summed E-state index contributed by atoms with van der Waals surface area (Å²) in [6, 6.07) is 0. The summed E-state index contributed by atoms with van der Waals surface area (Å²) in [5.74, 6) is 0.633. The molecule has 0 saturated heterocycles. The van der Waals surface area contributed by atoms with Crippen molar-refractivity contribution in [3.05, 3.63) is 0 Å². The van der Waals surface area contributed by atoms with Crippen molar-refractivity contribution >= 4 is 11.6 Å². The van der Waals surface area contributed by atoms with Gasteiger partial charge in [0.25, 0.3) is 0 Å². The van der Waals surface area contributed by atoms with Crippen LogP contribution in [0.4, 0.5) is 0 Å². The molecule has 0 aliphatic rings. The number of hydrogen-bond acceptors (Lipinski definition) is 2. The van der Waals surface area contributed by atoms with Gasteiger partial charge < -0.3 is 0 Å². The van der Waals surface area contributed by atoms with Crippen molar-refractivity contribution in [1.82, 2.24) is 5.06 Å². The molecule has 2 nitrogen and oxygen atoms in total. The van der Waals surface area contributed by atoms with Gasteiger partial charge >= 0.3 is 0 Å². The van der Waals surface area contributed by atoms with E-state index in [9.17, 15) is 0 Å². The average Bonchev–Trinajstić information content (AvgIpc) is 1.88. The lowest BCUT2D eigenvalue weighted by molar-refractivity contribution is -0.147. The first-order chi connectivity index (χ1) is 4.35. The molecule has 0 aromatic carbocycles. The quantitative estimate of drug-likeness (QED) is 0.436. The molecule has 0 amide bonds. The van der Waals surface area contributed by atoms with Crippen LogP contribution in [0, 0.1) is 0 Å². The second kappa shape index (κ2) is 6.33. The van der Waals surface area contributed by atoms with Crippen molar-refractivity contribution in [3.63, 3.8) is 0 Å². The van der Waals surface area contributed by atoms with Crippen LogP contribution < -0.4 is 0 Å². The van der Waals surface area contributed by atoms with E-state index in [2.05, 4.69) is 0 Å². The summed E-state index contributed by atoms with van der Waals surface area (Å²) in [5.41, 5.74) is 0. The zero-order valence-electron chi connectivity index (χ0n) is 6.06. The Morgan fingerprint density at radius 1 is 1.44 bits per heavy atom. The molecule has 0 atom stereocenters. The van der Waals surface area contributed by atoms with E-state index in [0.29, 0.717) is 5.88 Å². The van der Waals surface area contributed by atoms with Crippen LogP contribution >= 0.6 is 11.6 Å². The second-order valence-electron chi connectivity index (χ2n) is 1.63. The Kier molecular flexibility index (Phi) is 6.48. The van der Waals surface area contributed by atoms with Crippen LogP contribution in [0.3, 0.4) is 0 Å². The molecule has 3 heteroatoms. The summed E-state index contributed by atoms with van der Waals surface area (Å²) >= 11 is 5.49. The minimum absolute atomic E-state index is 0.633. The first-order valence-electron chi connectivity index (χ1n) is 3.29. The Morgan fingerprint density at radius 3 is 2.44 bits per heavy atom. The molecule has 0 unspecified atom stereocenters. The fourth-order valence-corrected chi connectivity index (χ4v) is 0.779. The molecule has 0 aliphatic heterocycles. The van der Waals surface area contributed by atoms with Crippen molar-refractivity contribution in [2.45, 2.75) is 13.8 Å². The molecular formula is C6H14ClNO. The van der Waals surface area contributed by atoms with Gasteiger partial charge in [-0.05, 0) is 6.92 Å². The molecule has 0 aromatic heterocycles. The standard InChI is InChI=1S/C6H14ClNO/c1-3-8(6-5-7)9-4-2/h3-6H2,1-2H3. The Bertz CT molecular complexity index is 55.0. The molecule has 0 aromatic rings. The summed E-state index contributed by atoms with van der Waals surface area (Å²) in [5, 5.41) is 1.85. The molecule has 0 heterocycles. The van der Waals surface area contributed by atoms with Gasteiger partial charge in [0, 0.05) is 19.0 Å². The topological polar surface area (TPSA) is 12.5 Å². The van der Waals surface area contributed by atoms with E-state index in [0.717, 1.165) is 19.7 Å². The van der Waals surface area contributed by atoms with Crippen LogP contribution in [0.25, 0.3) is 0 Å². The second-order valence-corrected chi connectivity index (χ2v) is 2.01. The minimum Gasteiger partial charge on any atom is -0.299 e. The van der Waals surface area contributed by atoms with Gasteiger partial charge in [0.15, 0.2) is 0 Å². The maximum absolute atomic E-state index is 5.49. The van der Waals surface area contributed by atoms with Gasteiger partial charge in [-0.1, -0.05) is 6.92 Å². The van der Waals surface area contributed by atoms with E-state index in [1.807, 2.05) is 18.9 Å². The average molecular weight is 152 g/mol. The van der Waals surface area contributed by atoms with E-state index in [1.165, 1.54) is 0 Å². The molecule has 0 N–H and O–H groups in total. The lowest BCUT2D eigenvalue weighted by Gasteiger charge is -2.16. The molecular weight excluding hydrogens is 138 g/mol. The molecule has 0 rings (SSSR count). The number of nitrogens with zero attached hydrogens (tertiary/aromatic N) is 1. The summed E-state index contributed by atoms with van der Waals surface area (Å²) < 4.78 is 0. The number of rotatable bonds is 5. The van der Waals surface area contributed by atoms with Crippen LogP contribution in [-0.2, 0) is 4.84 Å². The zero-order valence-corrected chi connectivity index (χ0v) is 6.82. The Balaban J connectivity index is 3.18. The zero-order chi connectivity index (χ0) is 7.11. The van der Waals surface area contributed by atoms with Crippen LogP contribution in [-0.4, -0.2) is 30.6 Å². The van der Waals surface area contributed by atoms with Gasteiger partial charge in [-0.2, -0.15) is 5.06 Å². The largest absolute Gasteiger partial charge is 0.299 e. The predicted octanol–water partition coefficient (Wildman–Crippen LogP) is 1.50. The predicted molar refractivity (Wildman–Crippen MR) is 39.6 cm³/mol. The third-order valence-electron chi connectivity index (χ3n) is 0.998. The van der Waals surface area contributed by atoms with E-state index in [4.69, 9.17) is 16.4 Å². The minimum atomic E-state index is 0.633. The van der Waals surface area contributed by atoms with Crippen molar-refractivity contribution in [3.8, 4) is 0 Å². The smallest absolute Gasteiger partial charge is 0.0656 e. The maximum Gasteiger partial charge on any atom is 0.0656 e. The van der Waals surface area contributed by atoms with Gasteiger partial charge in [-0.3, -0.25) is 4.84 Å². The van der Waals surface area contributed by atoms with Crippen LogP contribution in [0.2, 0.25) is 0 Å². The first kappa shape index (κ1) is 9.21. The molecule has 0 saturated carbocycles. The number of halogens is 1. The first-order valence-corrected chi connectivity index (χ1v) is 3.82. The van der Waals surface area contributed by atoms with Crippen molar-refractivity contribution in [2.24, 2.45) is 0 Å². The van der Waals surface area contributed by atoms with Gasteiger partial charge in [-0.25, -0.2) is 0 Å². The third kappa shape index (κ3) is 4.70. The molecule has 0 radical (unpaired) electrons. The lowest BCUT2D eigenvalue weighted by Crippen LogP contribution is -2.25. The highest BCUT2D eigenvalue weighted by Gasteiger charge is 1.97. The van der Waals surface area contributed by atoms with E-state index in [-0.39, 0.29) is 0 Å². The monoisotopic (exact) mass is 151 g/mol. The van der Waals surface area contributed by atoms with Crippen molar-refractivity contribution in [1.29, 1.82) is 0 Å². The highest BCUT2D eigenvalue weighted by molar-refractivity contribution is 6.18. The van der Waals surface area contributed by atoms with Gasteiger partial charge in [0.1, 0.15) is 0 Å². The van der Waals surface area contributed by atoms with Gasteiger partial charge in [-0.15, -0.1) is 11.6 Å². The third-order valence-corrected chi connectivity index (χ3v) is 1.17. The molecule has 56 valence electrons. The molecule has 0 bridgehead atoms. The van der Waals surface area contributed by atoms with E-state index >= 15 is 0 Å². The van der Waals surface area contributed by atoms with Crippen LogP contribution in [0.15, 0.2) is 0 Å². The number of hydrogen-bond donors (Lipinski definition) is 0. The van der Waals surface area contributed by atoms with Crippen LogP contribution in [0.5, 0.6) is 0 Å². The van der Waals surface area contributed by atoms with E-state index < -0.39 is 0 Å². The highest BCUT2D eigenvalue weighted by atomic mass is 35.5. The fraction of sp³-hybridized carbons (Fsp3) is 1.00. The normalized spacial score (nSPS) is 10.7. The Morgan fingerprint density at radius 2 is 2.11 bits per heavy atom. The SMILES string of the molecule is CCON(CC)CCCl. The van der Waals surface area contributed by atoms with Gasteiger partial charge in [0.2, 0.25) is 0 Å². The molecule has 9 heavy (non-hydrogen) atoms. The summed E-state index contributed by atoms with van der Waals surface area (Å²) in [6.45, 7) is 6.45. The number of hydroxylamine groups is 2. The summed E-state index contributed by atoms with van der Waals surface area (Å²) in [7, 11) is 0. The van der Waals surface area contributed by atoms with Crippen molar-refractivity contribution < 1.29 is 4.84 Å². The van der Waals surface area contributed by atoms with Crippen molar-refractivity contribution in [2.75, 3.05) is 25.6 Å². The lowest BCUT2D eigenvalue weighted by atomic mass is 10.6. The summed E-state index contributed by atoms with van der Waals surface area (Å²) in [6.07, 6.45) is 0. The molecule has 0 aliphatic carbocycles. The number of alkyl halides is 1. The highest BCUT2D eigenvalue weighted by Crippen LogP contribution is 1.89. The van der Waals surface area contributed by atoms with E-state index in [1.54, 1.807) is 0 Å². The Labute approximate surface area is 61.7 Å². The maximum atomic E-state index is 5.49. The molecule has 0 fully saturated rings. The van der Waals surface area contributed by atoms with Gasteiger partial charge in [0.05, 0.1) is 6.61 Å². The van der Waals surface area contributed by atoms with Crippen LogP contribution in [0.1, 0.15) is 13.8 Å². The molecule has 0 spiro atoms.